The molecule has 252 valence electrons. The molecule has 0 fully saturated rings. The number of carbonyl (C=O) groups is 4. The Labute approximate surface area is 280 Å². The summed E-state index contributed by atoms with van der Waals surface area (Å²) in [6, 6.07) is 18.1. The number of rotatable bonds is 18. The van der Waals surface area contributed by atoms with Crippen molar-refractivity contribution in [1.29, 1.82) is 0 Å². The topological polar surface area (TPSA) is 178 Å². The monoisotopic (exact) mass is 678 g/mol. The van der Waals surface area contributed by atoms with E-state index in [2.05, 4.69) is 23.6 Å². The zero-order valence-electron chi connectivity index (χ0n) is 26.4. The molecule has 0 aliphatic carbocycles. The van der Waals surface area contributed by atoms with Gasteiger partial charge in [0.1, 0.15) is 62.1 Å². The van der Waals surface area contributed by atoms with E-state index in [1.54, 1.807) is 54.7 Å². The first kappa shape index (κ1) is 35.2. The second-order valence-electron chi connectivity index (χ2n) is 10.7. The summed E-state index contributed by atoms with van der Waals surface area (Å²) in [7, 11) is 0. The zero-order chi connectivity index (χ0) is 34.8. The number of carboxylic acid groups (broad SMARTS) is 4. The number of para-hydroxylation sites is 1. The average molecular weight is 679 g/mol. The molecule has 4 rings (SSSR count). The van der Waals surface area contributed by atoms with Crippen molar-refractivity contribution in [3.8, 4) is 11.5 Å². The summed E-state index contributed by atoms with van der Waals surface area (Å²) < 4.78 is 15.3. The van der Waals surface area contributed by atoms with E-state index < -0.39 is 50.1 Å². The Bertz CT molecular complexity index is 1810. The van der Waals surface area contributed by atoms with E-state index in [1.807, 2.05) is 24.3 Å². The third kappa shape index (κ3) is 9.45. The van der Waals surface area contributed by atoms with Crippen LogP contribution in [0.25, 0.3) is 22.4 Å². The SMILES string of the molecule is CC[n+]1c(/C=C/c2ccc(N(CC(=O)O)CC(=O)O)c(OCCOc3cc(C)ccc3N(CC(=O)O)CC(=O)O)c2)sc2ccccc21. The second kappa shape index (κ2) is 16.3. The maximum absolute atomic E-state index is 11.6. The van der Waals surface area contributed by atoms with Crippen LogP contribution < -0.4 is 23.8 Å². The number of ether oxygens (including phenoxy) is 2. The molecule has 0 unspecified atom stereocenters. The lowest BCUT2D eigenvalue weighted by atomic mass is 10.1. The van der Waals surface area contributed by atoms with Crippen molar-refractivity contribution in [1.82, 2.24) is 0 Å². The van der Waals surface area contributed by atoms with E-state index in [-0.39, 0.29) is 36.1 Å². The Morgan fingerprint density at radius 2 is 1.25 bits per heavy atom. The molecule has 4 aromatic rings. The lowest BCUT2D eigenvalue weighted by Crippen LogP contribution is -2.35. The molecule has 0 saturated heterocycles. The lowest BCUT2D eigenvalue weighted by molar-refractivity contribution is -0.665. The Morgan fingerprint density at radius 3 is 1.79 bits per heavy atom. The number of hydrogen-bond donors (Lipinski definition) is 4. The normalized spacial score (nSPS) is 11.0. The van der Waals surface area contributed by atoms with Gasteiger partial charge in [-0.05, 0) is 61.4 Å². The molecule has 3 aromatic carbocycles. The van der Waals surface area contributed by atoms with Crippen molar-refractivity contribution < 1.29 is 53.6 Å². The van der Waals surface area contributed by atoms with E-state index in [0.29, 0.717) is 0 Å². The molecule has 0 radical (unpaired) electrons. The van der Waals surface area contributed by atoms with Crippen LogP contribution in [0.3, 0.4) is 0 Å². The molecule has 13 nitrogen and oxygen atoms in total. The summed E-state index contributed by atoms with van der Waals surface area (Å²) >= 11 is 1.64. The van der Waals surface area contributed by atoms with Gasteiger partial charge in [-0.25, -0.2) is 0 Å². The molecule has 0 spiro atoms. The number of aromatic nitrogens is 1. The summed E-state index contributed by atoms with van der Waals surface area (Å²) in [6.45, 7) is 2.23. The van der Waals surface area contributed by atoms with Crippen molar-refractivity contribution in [3.05, 3.63) is 76.8 Å². The first-order valence-corrected chi connectivity index (χ1v) is 15.7. The number of benzene rings is 3. The van der Waals surface area contributed by atoms with Gasteiger partial charge in [0.15, 0.2) is 0 Å². The third-order valence-corrected chi connectivity index (χ3v) is 8.19. The highest BCUT2D eigenvalue weighted by molar-refractivity contribution is 7.18. The number of aliphatic carboxylic acids is 4. The minimum atomic E-state index is -1.22. The molecule has 0 aliphatic rings. The lowest BCUT2D eigenvalue weighted by Gasteiger charge is -2.25. The van der Waals surface area contributed by atoms with Gasteiger partial charge in [0.2, 0.25) is 5.52 Å². The van der Waals surface area contributed by atoms with Gasteiger partial charge in [0.25, 0.3) is 5.01 Å². The maximum Gasteiger partial charge on any atom is 0.323 e. The van der Waals surface area contributed by atoms with Crippen molar-refractivity contribution in [2.24, 2.45) is 0 Å². The van der Waals surface area contributed by atoms with E-state index in [4.69, 9.17) is 9.47 Å². The fourth-order valence-electron chi connectivity index (χ4n) is 5.09. The van der Waals surface area contributed by atoms with Gasteiger partial charge in [-0.1, -0.05) is 35.6 Å². The Balaban J connectivity index is 1.60. The van der Waals surface area contributed by atoms with Gasteiger partial charge in [-0.3, -0.25) is 19.2 Å². The highest BCUT2D eigenvalue weighted by Crippen LogP contribution is 2.32. The summed E-state index contributed by atoms with van der Waals surface area (Å²) in [5, 5.41) is 38.6. The van der Waals surface area contributed by atoms with Crippen LogP contribution in [-0.4, -0.2) is 83.7 Å². The van der Waals surface area contributed by atoms with Crippen molar-refractivity contribution in [3.63, 3.8) is 0 Å². The predicted octanol–water partition coefficient (Wildman–Crippen LogP) is 4.10. The van der Waals surface area contributed by atoms with Crippen LogP contribution in [0.4, 0.5) is 11.4 Å². The van der Waals surface area contributed by atoms with Crippen LogP contribution in [0.15, 0.2) is 60.7 Å². The van der Waals surface area contributed by atoms with E-state index >= 15 is 0 Å². The highest BCUT2D eigenvalue weighted by Gasteiger charge is 2.21. The molecule has 0 atom stereocenters. The van der Waals surface area contributed by atoms with Crippen LogP contribution in [0, 0.1) is 6.92 Å². The highest BCUT2D eigenvalue weighted by atomic mass is 32.1. The first-order chi connectivity index (χ1) is 22.9. The molecule has 1 heterocycles. The van der Waals surface area contributed by atoms with Crippen molar-refractivity contribution in [2.45, 2.75) is 20.4 Å². The van der Waals surface area contributed by atoms with Crippen molar-refractivity contribution in [2.75, 3.05) is 49.2 Å². The summed E-state index contributed by atoms with van der Waals surface area (Å²) in [5.41, 5.74) is 3.17. The van der Waals surface area contributed by atoms with Gasteiger partial charge in [-0.2, -0.15) is 4.57 Å². The van der Waals surface area contributed by atoms with E-state index in [0.717, 1.165) is 32.9 Å². The molecule has 48 heavy (non-hydrogen) atoms. The molecule has 1 aromatic heterocycles. The van der Waals surface area contributed by atoms with Crippen LogP contribution in [-0.2, 0) is 25.7 Å². The number of thiazole rings is 1. The molecular formula is C34H36N3O10S+. The summed E-state index contributed by atoms with van der Waals surface area (Å²) in [4.78, 5) is 48.4. The number of aryl methyl sites for hydroxylation is 2. The number of hydrogen-bond acceptors (Lipinski definition) is 9. The van der Waals surface area contributed by atoms with Gasteiger partial charge >= 0.3 is 23.9 Å². The quantitative estimate of drug-likeness (QED) is 0.0877. The molecule has 0 bridgehead atoms. The second-order valence-corrected chi connectivity index (χ2v) is 11.7. The van der Waals surface area contributed by atoms with Crippen LogP contribution >= 0.6 is 11.3 Å². The van der Waals surface area contributed by atoms with Gasteiger partial charge in [0, 0.05) is 12.1 Å². The van der Waals surface area contributed by atoms with Gasteiger partial charge in [-0.15, -0.1) is 0 Å². The Morgan fingerprint density at radius 1 is 0.729 bits per heavy atom. The number of anilines is 2. The standard InChI is InChI=1S/C34H35N3O10S/c1-3-37-26-6-4-5-7-29(26)48-30(37)13-10-23-9-12-25(36(20-33(42)43)21-34(44)45)28(17-23)47-15-14-46-27-16-22(2)8-11-24(27)35(18-31(38)39)19-32(40)41/h4-13,16-17H,3,14-15,18-21H2,1-2H3,(H3-,38,39,40,41,42,43,44,45)/p+1. The Kier molecular flexibility index (Phi) is 11.9. The molecule has 0 amide bonds. The fraction of sp³-hybridized carbons (Fsp3) is 0.265. The van der Waals surface area contributed by atoms with Crippen LogP contribution in [0.1, 0.15) is 23.1 Å². The summed E-state index contributed by atoms with van der Waals surface area (Å²) in [5.74, 6) is -4.38. The fourth-order valence-corrected chi connectivity index (χ4v) is 6.22. The van der Waals surface area contributed by atoms with E-state index in [1.165, 1.54) is 9.80 Å². The molecular weight excluding hydrogens is 642 g/mol. The third-order valence-electron chi connectivity index (χ3n) is 7.05. The van der Waals surface area contributed by atoms with Crippen LogP contribution in [0.2, 0.25) is 0 Å². The molecule has 0 aliphatic heterocycles. The van der Waals surface area contributed by atoms with Gasteiger partial charge in [0.05, 0.1) is 11.4 Å². The number of carboxylic acids is 4. The number of fused-ring (bicyclic) bond motifs is 1. The molecule has 4 N–H and O–H groups in total. The predicted molar refractivity (Wildman–Crippen MR) is 180 cm³/mol. The smallest absolute Gasteiger partial charge is 0.323 e. The first-order valence-electron chi connectivity index (χ1n) is 14.9. The maximum atomic E-state index is 11.6. The minimum absolute atomic E-state index is 0.0555. The van der Waals surface area contributed by atoms with Gasteiger partial charge < -0.3 is 39.7 Å². The number of nitrogens with zero attached hydrogens (tertiary/aromatic N) is 3. The summed E-state index contributed by atoms with van der Waals surface area (Å²) in [6.07, 6.45) is 3.86. The van der Waals surface area contributed by atoms with E-state index in [9.17, 15) is 39.6 Å². The largest absolute Gasteiger partial charge is 0.488 e. The average Bonchev–Trinajstić information content (AvgIpc) is 3.38. The zero-order valence-corrected chi connectivity index (χ0v) is 27.2. The molecule has 0 saturated carbocycles. The minimum Gasteiger partial charge on any atom is -0.488 e. The van der Waals surface area contributed by atoms with Crippen molar-refractivity contribution >= 4 is 69.0 Å². The van der Waals surface area contributed by atoms with Crippen LogP contribution in [0.5, 0.6) is 11.5 Å². The molecule has 14 heteroatoms. The Hall–Kier alpha value is -5.63.